The van der Waals surface area contributed by atoms with Gasteiger partial charge in [0.1, 0.15) is 0 Å². The van der Waals surface area contributed by atoms with Gasteiger partial charge in [-0.2, -0.15) is 0 Å². The molecule has 2 fully saturated rings. The van der Waals surface area contributed by atoms with E-state index in [1.807, 2.05) is 5.38 Å². The number of anilines is 1. The molecule has 18 heavy (non-hydrogen) atoms. The Morgan fingerprint density at radius 2 is 2.44 bits per heavy atom. The molecule has 7 nitrogen and oxygen atoms in total. The summed E-state index contributed by atoms with van der Waals surface area (Å²) in [6.07, 6.45) is 1.65. The number of amides is 4. The Bertz CT molecular complexity index is 463. The number of aromatic nitrogens is 1. The van der Waals surface area contributed by atoms with Gasteiger partial charge in [0.05, 0.1) is 6.04 Å². The Labute approximate surface area is 108 Å². The largest absolute Gasteiger partial charge is 0.336 e. The first-order valence-corrected chi connectivity index (χ1v) is 6.62. The van der Waals surface area contributed by atoms with Crippen LogP contribution in [0.5, 0.6) is 0 Å². The van der Waals surface area contributed by atoms with Gasteiger partial charge in [0.25, 0.3) is 0 Å². The van der Waals surface area contributed by atoms with Crippen molar-refractivity contribution in [2.75, 3.05) is 31.5 Å². The van der Waals surface area contributed by atoms with Gasteiger partial charge in [-0.1, -0.05) is 0 Å². The van der Waals surface area contributed by atoms with Crippen molar-refractivity contribution in [1.29, 1.82) is 0 Å². The Morgan fingerprint density at radius 3 is 3.22 bits per heavy atom. The van der Waals surface area contributed by atoms with Crippen LogP contribution in [0.25, 0.3) is 0 Å². The van der Waals surface area contributed by atoms with Crippen molar-refractivity contribution < 1.29 is 9.59 Å². The van der Waals surface area contributed by atoms with Gasteiger partial charge in [-0.05, 0) is 0 Å². The van der Waals surface area contributed by atoms with E-state index in [-0.39, 0.29) is 18.1 Å². The molecule has 3 heterocycles. The number of fused-ring (bicyclic) bond motifs is 1. The maximum absolute atomic E-state index is 12.0. The molecule has 2 aliphatic rings. The summed E-state index contributed by atoms with van der Waals surface area (Å²) >= 11 is 1.39. The second-order valence-corrected chi connectivity index (χ2v) is 5.14. The zero-order valence-corrected chi connectivity index (χ0v) is 10.4. The maximum Gasteiger partial charge on any atom is 0.323 e. The number of carbonyl (C=O) groups excluding carboxylic acids is 2. The minimum absolute atomic E-state index is 0.0278. The molecule has 1 aromatic rings. The number of hydrogen-bond donors (Lipinski definition) is 2. The summed E-state index contributed by atoms with van der Waals surface area (Å²) in [5, 5.41) is 7.95. The predicted molar refractivity (Wildman–Crippen MR) is 66.6 cm³/mol. The summed E-state index contributed by atoms with van der Waals surface area (Å²) < 4.78 is 0. The molecule has 0 bridgehead atoms. The zero-order valence-electron chi connectivity index (χ0n) is 9.63. The maximum atomic E-state index is 12.0. The summed E-state index contributed by atoms with van der Waals surface area (Å²) in [4.78, 5) is 30.9. The number of nitrogens with zero attached hydrogens (tertiary/aromatic N) is 3. The quantitative estimate of drug-likeness (QED) is 0.772. The summed E-state index contributed by atoms with van der Waals surface area (Å²) in [6.45, 7) is 2.32. The molecular formula is C10H13N5O2S. The van der Waals surface area contributed by atoms with Gasteiger partial charge in [-0.3, -0.25) is 5.32 Å². The minimum Gasteiger partial charge on any atom is -0.336 e. The third-order valence-corrected chi connectivity index (χ3v) is 3.85. The summed E-state index contributed by atoms with van der Waals surface area (Å²) in [6, 6.07) is -0.0859. The van der Waals surface area contributed by atoms with Crippen LogP contribution in [0.2, 0.25) is 0 Å². The fourth-order valence-corrected chi connectivity index (χ4v) is 2.76. The topological polar surface area (TPSA) is 77.6 Å². The molecule has 3 rings (SSSR count). The minimum atomic E-state index is -0.149. The van der Waals surface area contributed by atoms with Gasteiger partial charge in [-0.25, -0.2) is 14.6 Å². The van der Waals surface area contributed by atoms with Gasteiger partial charge in [0, 0.05) is 37.8 Å². The highest BCUT2D eigenvalue weighted by Crippen LogP contribution is 2.16. The average molecular weight is 267 g/mol. The number of carbonyl (C=O) groups is 2. The molecule has 2 N–H and O–H groups in total. The van der Waals surface area contributed by atoms with E-state index >= 15 is 0 Å². The van der Waals surface area contributed by atoms with Gasteiger partial charge >= 0.3 is 12.1 Å². The molecule has 0 saturated carbocycles. The van der Waals surface area contributed by atoms with Crippen LogP contribution in [0.15, 0.2) is 11.6 Å². The summed E-state index contributed by atoms with van der Waals surface area (Å²) in [7, 11) is 0. The van der Waals surface area contributed by atoms with E-state index in [4.69, 9.17) is 0 Å². The number of thiazole rings is 1. The molecule has 8 heteroatoms. The lowest BCUT2D eigenvalue weighted by atomic mass is 10.2. The van der Waals surface area contributed by atoms with Gasteiger partial charge in [0.15, 0.2) is 5.13 Å². The average Bonchev–Trinajstić information content (AvgIpc) is 2.99. The van der Waals surface area contributed by atoms with E-state index in [9.17, 15) is 9.59 Å². The molecule has 1 aromatic heterocycles. The van der Waals surface area contributed by atoms with E-state index < -0.39 is 0 Å². The highest BCUT2D eigenvalue weighted by Gasteiger charge is 2.36. The second-order valence-electron chi connectivity index (χ2n) is 4.25. The van der Waals surface area contributed by atoms with Crippen molar-refractivity contribution in [2.24, 2.45) is 0 Å². The Kier molecular flexibility index (Phi) is 2.78. The van der Waals surface area contributed by atoms with Crippen molar-refractivity contribution in [3.8, 4) is 0 Å². The van der Waals surface area contributed by atoms with Gasteiger partial charge in [0.2, 0.25) is 0 Å². The fraction of sp³-hybridized carbons (Fsp3) is 0.500. The second kappa shape index (κ2) is 4.45. The highest BCUT2D eigenvalue weighted by atomic mass is 32.1. The van der Waals surface area contributed by atoms with Crippen LogP contribution in [0.3, 0.4) is 0 Å². The number of piperazine rings is 1. The Morgan fingerprint density at radius 1 is 1.56 bits per heavy atom. The molecule has 0 aromatic carbocycles. The molecule has 0 aliphatic carbocycles. The molecular weight excluding hydrogens is 254 g/mol. The van der Waals surface area contributed by atoms with Crippen molar-refractivity contribution in [3.05, 3.63) is 11.6 Å². The normalized spacial score (nSPS) is 22.7. The summed E-state index contributed by atoms with van der Waals surface area (Å²) in [5.74, 6) is 0. The first-order valence-electron chi connectivity index (χ1n) is 5.74. The lowest BCUT2D eigenvalue weighted by molar-refractivity contribution is 0.136. The lowest BCUT2D eigenvalue weighted by Crippen LogP contribution is -2.54. The molecule has 1 unspecified atom stereocenters. The Hall–Kier alpha value is -1.83. The number of rotatable bonds is 1. The van der Waals surface area contributed by atoms with E-state index in [1.54, 1.807) is 16.0 Å². The standard InChI is InChI=1S/C10H13N5O2S/c16-9-12-5-7-6-14(2-3-15(7)9)10(17)13-8-11-1-4-18-8/h1,4,7H,2-3,5-6H2,(H,12,16)(H,11,13,17). The van der Waals surface area contributed by atoms with E-state index in [2.05, 4.69) is 15.6 Å². The molecule has 2 aliphatic heterocycles. The van der Waals surface area contributed by atoms with Crippen molar-refractivity contribution >= 4 is 28.5 Å². The van der Waals surface area contributed by atoms with Crippen LogP contribution in [-0.4, -0.2) is 59.1 Å². The molecule has 1 atom stereocenters. The zero-order chi connectivity index (χ0) is 12.5. The van der Waals surface area contributed by atoms with Crippen LogP contribution in [0.1, 0.15) is 0 Å². The molecule has 4 amide bonds. The molecule has 0 radical (unpaired) electrons. The van der Waals surface area contributed by atoms with Crippen LogP contribution >= 0.6 is 11.3 Å². The third-order valence-electron chi connectivity index (χ3n) is 3.17. The fourth-order valence-electron chi connectivity index (χ4n) is 2.24. The molecule has 2 saturated heterocycles. The van der Waals surface area contributed by atoms with Crippen molar-refractivity contribution in [1.82, 2.24) is 20.1 Å². The van der Waals surface area contributed by atoms with Crippen LogP contribution < -0.4 is 10.6 Å². The number of urea groups is 2. The third kappa shape index (κ3) is 1.99. The number of hydrogen-bond acceptors (Lipinski definition) is 4. The first-order chi connectivity index (χ1) is 8.74. The van der Waals surface area contributed by atoms with Crippen molar-refractivity contribution in [2.45, 2.75) is 6.04 Å². The van der Waals surface area contributed by atoms with E-state index in [0.717, 1.165) is 0 Å². The first kappa shape index (κ1) is 11.3. The predicted octanol–water partition coefficient (Wildman–Crippen LogP) is 0.384. The number of nitrogens with one attached hydrogen (secondary N) is 2. The monoisotopic (exact) mass is 267 g/mol. The molecule has 96 valence electrons. The highest BCUT2D eigenvalue weighted by molar-refractivity contribution is 7.13. The molecule has 0 spiro atoms. The van der Waals surface area contributed by atoms with Crippen LogP contribution in [0, 0.1) is 0 Å². The SMILES string of the molecule is O=C(Nc1nccs1)N1CCN2C(=O)NCC2C1. The summed E-state index contributed by atoms with van der Waals surface area (Å²) in [5.41, 5.74) is 0. The Balaban J connectivity index is 1.61. The van der Waals surface area contributed by atoms with E-state index in [1.165, 1.54) is 11.3 Å². The van der Waals surface area contributed by atoms with Crippen LogP contribution in [0.4, 0.5) is 14.7 Å². The van der Waals surface area contributed by atoms with Gasteiger partial charge in [-0.15, -0.1) is 11.3 Å². The lowest BCUT2D eigenvalue weighted by Gasteiger charge is -2.36. The van der Waals surface area contributed by atoms with Crippen molar-refractivity contribution in [3.63, 3.8) is 0 Å². The van der Waals surface area contributed by atoms with E-state index in [0.29, 0.717) is 31.3 Å². The van der Waals surface area contributed by atoms with Crippen LogP contribution in [-0.2, 0) is 0 Å². The smallest absolute Gasteiger partial charge is 0.323 e. The van der Waals surface area contributed by atoms with Gasteiger partial charge < -0.3 is 15.1 Å².